The predicted octanol–water partition coefficient (Wildman–Crippen LogP) is 1.66. The van der Waals surface area contributed by atoms with Crippen LogP contribution in [0.2, 0.25) is 0 Å². The second kappa shape index (κ2) is 4.94. The van der Waals surface area contributed by atoms with E-state index in [1.807, 2.05) is 6.92 Å². The first-order valence-electron chi connectivity index (χ1n) is 6.01. The Bertz CT molecular complexity index is 444. The van der Waals surface area contributed by atoms with Gasteiger partial charge >= 0.3 is 0 Å². The number of carbonyl (C=O) groups is 1. The third-order valence-electron chi connectivity index (χ3n) is 3.23. The lowest BCUT2D eigenvalue weighted by Gasteiger charge is -2.45. The second-order valence-corrected chi connectivity index (χ2v) is 4.57. The third kappa shape index (κ3) is 2.46. The number of benzene rings is 1. The van der Waals surface area contributed by atoms with E-state index in [2.05, 4.69) is 5.32 Å². The van der Waals surface area contributed by atoms with Crippen LogP contribution >= 0.6 is 0 Å². The molecule has 3 N–H and O–H groups in total. The molecule has 0 aliphatic heterocycles. The van der Waals surface area contributed by atoms with E-state index in [0.29, 0.717) is 25.1 Å². The van der Waals surface area contributed by atoms with E-state index in [-0.39, 0.29) is 11.9 Å². The molecule has 0 bridgehead atoms. The molecule has 1 fully saturated rings. The third-order valence-corrected chi connectivity index (χ3v) is 3.23. The molecule has 1 aromatic rings. The van der Waals surface area contributed by atoms with E-state index >= 15 is 0 Å². The number of nitrogens with one attached hydrogen (secondary N) is 1. The molecule has 0 heterocycles. The average Bonchev–Trinajstić information content (AvgIpc) is 2.25. The van der Waals surface area contributed by atoms with Crippen molar-refractivity contribution in [3.8, 4) is 0 Å². The Morgan fingerprint density at radius 2 is 2.33 bits per heavy atom. The maximum atomic E-state index is 13.1. The number of halogens is 1. The number of hydrogen-bond acceptors (Lipinski definition) is 3. The fourth-order valence-electron chi connectivity index (χ4n) is 2.28. The number of ether oxygens (including phenoxy) is 1. The number of anilines is 1. The smallest absolute Gasteiger partial charge is 0.243 e. The van der Waals surface area contributed by atoms with Crippen molar-refractivity contribution in [2.45, 2.75) is 31.4 Å². The van der Waals surface area contributed by atoms with Gasteiger partial charge in [0.1, 0.15) is 11.4 Å². The summed E-state index contributed by atoms with van der Waals surface area (Å²) in [6, 6.07) is 6.00. The van der Waals surface area contributed by atoms with Crippen molar-refractivity contribution >= 4 is 11.6 Å². The van der Waals surface area contributed by atoms with Gasteiger partial charge in [-0.3, -0.25) is 4.79 Å². The summed E-state index contributed by atoms with van der Waals surface area (Å²) in [4.78, 5) is 11.6. The lowest BCUT2D eigenvalue weighted by Crippen LogP contribution is -2.61. The normalized spacial score (nSPS) is 26.4. The number of carbonyl (C=O) groups excluding carboxylic acids is 1. The van der Waals surface area contributed by atoms with E-state index in [0.717, 1.165) is 0 Å². The van der Waals surface area contributed by atoms with Crippen LogP contribution in [0.1, 0.15) is 19.8 Å². The molecule has 98 valence electrons. The first-order valence-corrected chi connectivity index (χ1v) is 6.01. The molecule has 0 atom stereocenters. The van der Waals surface area contributed by atoms with Gasteiger partial charge in [0.25, 0.3) is 0 Å². The Balaban J connectivity index is 2.07. The van der Waals surface area contributed by atoms with Gasteiger partial charge in [-0.2, -0.15) is 0 Å². The molecule has 1 aliphatic carbocycles. The summed E-state index contributed by atoms with van der Waals surface area (Å²) in [5.74, 6) is -0.775. The number of hydrogen-bond donors (Lipinski definition) is 2. The maximum Gasteiger partial charge on any atom is 0.243 e. The standard InChI is InChI=1S/C13H17FN2O2/c1-2-18-11-7-13(8-11,12(15)17)16-10-5-3-4-9(14)6-10/h3-6,11,16H,2,7-8H2,1H3,(H2,15,17). The van der Waals surface area contributed by atoms with Crippen LogP contribution in [0.15, 0.2) is 24.3 Å². The highest BCUT2D eigenvalue weighted by Crippen LogP contribution is 2.37. The fraction of sp³-hybridized carbons (Fsp3) is 0.462. The van der Waals surface area contributed by atoms with Crippen LogP contribution in [-0.2, 0) is 9.53 Å². The maximum absolute atomic E-state index is 13.1. The van der Waals surface area contributed by atoms with Crippen molar-refractivity contribution in [1.82, 2.24) is 0 Å². The minimum absolute atomic E-state index is 0.0450. The van der Waals surface area contributed by atoms with Crippen molar-refractivity contribution in [2.75, 3.05) is 11.9 Å². The van der Waals surface area contributed by atoms with Crippen molar-refractivity contribution in [3.05, 3.63) is 30.1 Å². The molecular weight excluding hydrogens is 235 g/mol. The van der Waals surface area contributed by atoms with Gasteiger partial charge in [-0.1, -0.05) is 6.07 Å². The summed E-state index contributed by atoms with van der Waals surface area (Å²) in [6.45, 7) is 2.52. The molecule has 18 heavy (non-hydrogen) atoms. The Kier molecular flexibility index (Phi) is 3.52. The van der Waals surface area contributed by atoms with Crippen LogP contribution in [0, 0.1) is 5.82 Å². The molecule has 4 nitrogen and oxygen atoms in total. The van der Waals surface area contributed by atoms with Gasteiger partial charge in [-0.15, -0.1) is 0 Å². The molecule has 1 saturated carbocycles. The van der Waals surface area contributed by atoms with Crippen LogP contribution in [0.3, 0.4) is 0 Å². The Labute approximate surface area is 105 Å². The highest BCUT2D eigenvalue weighted by atomic mass is 19.1. The summed E-state index contributed by atoms with van der Waals surface area (Å²) >= 11 is 0. The number of nitrogens with two attached hydrogens (primary N) is 1. The first kappa shape index (κ1) is 12.8. The summed E-state index contributed by atoms with van der Waals surface area (Å²) in [5, 5.41) is 3.03. The largest absolute Gasteiger partial charge is 0.378 e. The van der Waals surface area contributed by atoms with E-state index in [4.69, 9.17) is 10.5 Å². The Morgan fingerprint density at radius 3 is 2.89 bits per heavy atom. The lowest BCUT2D eigenvalue weighted by atomic mass is 9.73. The second-order valence-electron chi connectivity index (χ2n) is 4.57. The topological polar surface area (TPSA) is 64.3 Å². The summed E-state index contributed by atoms with van der Waals surface area (Å²) in [7, 11) is 0. The Hall–Kier alpha value is -1.62. The quantitative estimate of drug-likeness (QED) is 0.837. The van der Waals surface area contributed by atoms with Crippen LogP contribution in [0.4, 0.5) is 10.1 Å². The van der Waals surface area contributed by atoms with Crippen molar-refractivity contribution in [3.63, 3.8) is 0 Å². The molecule has 0 saturated heterocycles. The predicted molar refractivity (Wildman–Crippen MR) is 66.6 cm³/mol. The minimum atomic E-state index is -0.812. The molecule has 5 heteroatoms. The SMILES string of the molecule is CCOC1CC(Nc2cccc(F)c2)(C(N)=O)C1. The van der Waals surface area contributed by atoms with E-state index in [1.165, 1.54) is 12.1 Å². The molecule has 0 aromatic heterocycles. The van der Waals surface area contributed by atoms with E-state index in [9.17, 15) is 9.18 Å². The highest BCUT2D eigenvalue weighted by Gasteiger charge is 2.49. The molecule has 0 unspecified atom stereocenters. The average molecular weight is 252 g/mol. The first-order chi connectivity index (χ1) is 8.55. The van der Waals surface area contributed by atoms with Gasteiger partial charge < -0.3 is 15.8 Å². The number of rotatable bonds is 5. The van der Waals surface area contributed by atoms with Crippen molar-refractivity contribution in [2.24, 2.45) is 5.73 Å². The van der Waals surface area contributed by atoms with Crippen molar-refractivity contribution < 1.29 is 13.9 Å². The van der Waals surface area contributed by atoms with Gasteiger partial charge in [-0.25, -0.2) is 4.39 Å². The van der Waals surface area contributed by atoms with Crippen LogP contribution in [0.25, 0.3) is 0 Å². The van der Waals surface area contributed by atoms with Gasteiger partial charge in [-0.05, 0) is 25.1 Å². The molecule has 1 aliphatic rings. The summed E-state index contributed by atoms with van der Waals surface area (Å²) in [6.07, 6.45) is 1.09. The van der Waals surface area contributed by atoms with Gasteiger partial charge in [0.05, 0.1) is 6.10 Å². The highest BCUT2D eigenvalue weighted by molar-refractivity contribution is 5.89. The van der Waals surface area contributed by atoms with Crippen LogP contribution in [-0.4, -0.2) is 24.2 Å². The lowest BCUT2D eigenvalue weighted by molar-refractivity contribution is -0.131. The molecule has 0 radical (unpaired) electrons. The molecule has 1 amide bonds. The zero-order valence-corrected chi connectivity index (χ0v) is 10.3. The van der Waals surface area contributed by atoms with Crippen LogP contribution < -0.4 is 11.1 Å². The Morgan fingerprint density at radius 1 is 1.61 bits per heavy atom. The van der Waals surface area contributed by atoms with Gasteiger partial charge in [0, 0.05) is 25.1 Å². The number of primary amides is 1. The molecule has 1 aromatic carbocycles. The van der Waals surface area contributed by atoms with Gasteiger partial charge in [0.15, 0.2) is 0 Å². The zero-order chi connectivity index (χ0) is 13.2. The summed E-state index contributed by atoms with van der Waals surface area (Å²) in [5.41, 5.74) is 5.17. The molecule has 0 spiro atoms. The van der Waals surface area contributed by atoms with Gasteiger partial charge in [0.2, 0.25) is 5.91 Å². The zero-order valence-electron chi connectivity index (χ0n) is 10.3. The monoisotopic (exact) mass is 252 g/mol. The number of amides is 1. The van der Waals surface area contributed by atoms with E-state index < -0.39 is 11.4 Å². The van der Waals surface area contributed by atoms with E-state index in [1.54, 1.807) is 12.1 Å². The fourth-order valence-corrected chi connectivity index (χ4v) is 2.28. The molecule has 2 rings (SSSR count). The van der Waals surface area contributed by atoms with Crippen LogP contribution in [0.5, 0.6) is 0 Å². The minimum Gasteiger partial charge on any atom is -0.378 e. The summed E-state index contributed by atoms with van der Waals surface area (Å²) < 4.78 is 18.5. The molecular formula is C13H17FN2O2. The van der Waals surface area contributed by atoms with Crippen molar-refractivity contribution in [1.29, 1.82) is 0 Å².